The molecule has 2 aliphatic rings. The summed E-state index contributed by atoms with van der Waals surface area (Å²) >= 11 is 0. The number of hydrogen-bond donors (Lipinski definition) is 0. The van der Waals surface area contributed by atoms with Crippen molar-refractivity contribution in [3.63, 3.8) is 0 Å². The molecule has 1 saturated heterocycles. The van der Waals surface area contributed by atoms with Crippen LogP contribution >= 0.6 is 0 Å². The van der Waals surface area contributed by atoms with Gasteiger partial charge in [0.1, 0.15) is 0 Å². The molecule has 2 nitrogen and oxygen atoms in total. The lowest BCUT2D eigenvalue weighted by Crippen LogP contribution is -2.38. The van der Waals surface area contributed by atoms with Crippen LogP contribution in [-0.4, -0.2) is 23.9 Å². The van der Waals surface area contributed by atoms with Crippen LogP contribution in [0.5, 0.6) is 0 Å². The van der Waals surface area contributed by atoms with Crippen molar-refractivity contribution in [2.45, 2.75) is 45.4 Å². The lowest BCUT2D eigenvalue weighted by Gasteiger charge is -2.31. The molecule has 1 amide bonds. The summed E-state index contributed by atoms with van der Waals surface area (Å²) in [4.78, 5) is 13.9. The van der Waals surface area contributed by atoms with Crippen molar-refractivity contribution >= 4 is 5.91 Å². The molecule has 14 heavy (non-hydrogen) atoms. The fraction of sp³-hybridized carbons (Fsp3) is 0.917. The van der Waals surface area contributed by atoms with E-state index in [4.69, 9.17) is 0 Å². The highest BCUT2D eigenvalue weighted by atomic mass is 16.2. The first-order valence-electron chi connectivity index (χ1n) is 6.07. The summed E-state index contributed by atoms with van der Waals surface area (Å²) in [7, 11) is 0. The molecule has 0 radical (unpaired) electrons. The van der Waals surface area contributed by atoms with Crippen LogP contribution in [0.25, 0.3) is 0 Å². The summed E-state index contributed by atoms with van der Waals surface area (Å²) in [6.45, 7) is 4.29. The van der Waals surface area contributed by atoms with Crippen molar-refractivity contribution < 1.29 is 4.79 Å². The molecule has 0 aromatic heterocycles. The number of likely N-dealkylation sites (tertiary alicyclic amines) is 1. The van der Waals surface area contributed by atoms with Crippen molar-refractivity contribution in [1.29, 1.82) is 0 Å². The number of carbonyl (C=O) groups is 1. The molecule has 1 heterocycles. The van der Waals surface area contributed by atoms with E-state index < -0.39 is 0 Å². The molecule has 0 aromatic carbocycles. The maximum atomic E-state index is 11.8. The van der Waals surface area contributed by atoms with E-state index >= 15 is 0 Å². The maximum absolute atomic E-state index is 11.8. The molecule has 2 heteroatoms. The predicted molar refractivity (Wildman–Crippen MR) is 56.9 cm³/mol. The second-order valence-corrected chi connectivity index (χ2v) is 4.88. The maximum Gasteiger partial charge on any atom is 0.222 e. The highest BCUT2D eigenvalue weighted by Gasteiger charge is 2.28. The molecular weight excluding hydrogens is 174 g/mol. The first-order valence-corrected chi connectivity index (χ1v) is 6.07. The molecule has 0 bridgehead atoms. The highest BCUT2D eigenvalue weighted by Crippen LogP contribution is 2.33. The van der Waals surface area contributed by atoms with Crippen molar-refractivity contribution in [2.24, 2.45) is 11.8 Å². The molecule has 1 saturated carbocycles. The monoisotopic (exact) mass is 195 g/mol. The van der Waals surface area contributed by atoms with Crippen LogP contribution in [0.2, 0.25) is 0 Å². The quantitative estimate of drug-likeness (QED) is 0.677. The summed E-state index contributed by atoms with van der Waals surface area (Å²) in [6, 6.07) is 0. The minimum absolute atomic E-state index is 0.419. The van der Waals surface area contributed by atoms with Gasteiger partial charge in [-0.2, -0.15) is 0 Å². The number of rotatable bonds is 3. The SMILES string of the molecule is CCC1CCN(C(=O)CC2CC2)CC1. The summed E-state index contributed by atoms with van der Waals surface area (Å²) < 4.78 is 0. The predicted octanol–water partition coefficient (Wildman–Crippen LogP) is 2.44. The molecule has 0 atom stereocenters. The van der Waals surface area contributed by atoms with Gasteiger partial charge in [0.05, 0.1) is 0 Å². The Labute approximate surface area is 86.7 Å². The molecule has 1 aliphatic heterocycles. The standard InChI is InChI=1S/C12H21NO/c1-2-10-5-7-13(8-6-10)12(14)9-11-3-4-11/h10-11H,2-9H2,1H3. The van der Waals surface area contributed by atoms with Gasteiger partial charge in [-0.1, -0.05) is 13.3 Å². The summed E-state index contributed by atoms with van der Waals surface area (Å²) in [5.41, 5.74) is 0. The van der Waals surface area contributed by atoms with Gasteiger partial charge in [-0.05, 0) is 37.5 Å². The Morgan fingerprint density at radius 2 is 1.79 bits per heavy atom. The lowest BCUT2D eigenvalue weighted by atomic mass is 9.94. The van der Waals surface area contributed by atoms with Gasteiger partial charge in [-0.25, -0.2) is 0 Å². The topological polar surface area (TPSA) is 20.3 Å². The number of carbonyl (C=O) groups excluding carboxylic acids is 1. The molecule has 2 rings (SSSR count). The Morgan fingerprint density at radius 1 is 1.14 bits per heavy atom. The molecule has 0 spiro atoms. The largest absolute Gasteiger partial charge is 0.343 e. The zero-order valence-electron chi connectivity index (χ0n) is 9.17. The second-order valence-electron chi connectivity index (χ2n) is 4.88. The number of amides is 1. The van der Waals surface area contributed by atoms with Gasteiger partial charge in [0.25, 0.3) is 0 Å². The van der Waals surface area contributed by atoms with E-state index in [1.54, 1.807) is 0 Å². The van der Waals surface area contributed by atoms with E-state index in [9.17, 15) is 4.79 Å². The fourth-order valence-corrected chi connectivity index (χ4v) is 2.29. The molecule has 2 fully saturated rings. The Bertz CT molecular complexity index is 202. The zero-order chi connectivity index (χ0) is 9.97. The molecule has 1 aliphatic carbocycles. The first kappa shape index (κ1) is 10.0. The smallest absolute Gasteiger partial charge is 0.222 e. The van der Waals surface area contributed by atoms with Crippen LogP contribution in [0.1, 0.15) is 45.4 Å². The Kier molecular flexibility index (Phi) is 3.09. The van der Waals surface area contributed by atoms with Crippen LogP contribution in [0.4, 0.5) is 0 Å². The van der Waals surface area contributed by atoms with Gasteiger partial charge >= 0.3 is 0 Å². The minimum Gasteiger partial charge on any atom is -0.343 e. The van der Waals surface area contributed by atoms with E-state index in [2.05, 4.69) is 11.8 Å². The second kappa shape index (κ2) is 4.33. The minimum atomic E-state index is 0.419. The van der Waals surface area contributed by atoms with E-state index in [0.29, 0.717) is 5.91 Å². The number of nitrogens with zero attached hydrogens (tertiary/aromatic N) is 1. The summed E-state index contributed by atoms with van der Waals surface area (Å²) in [5.74, 6) is 2.04. The van der Waals surface area contributed by atoms with Crippen molar-refractivity contribution in [3.05, 3.63) is 0 Å². The van der Waals surface area contributed by atoms with E-state index in [0.717, 1.165) is 31.3 Å². The number of piperidine rings is 1. The van der Waals surface area contributed by atoms with Gasteiger partial charge in [0.2, 0.25) is 5.91 Å². The van der Waals surface area contributed by atoms with Crippen LogP contribution < -0.4 is 0 Å². The average molecular weight is 195 g/mol. The summed E-state index contributed by atoms with van der Waals surface area (Å²) in [6.07, 6.45) is 7.15. The number of hydrogen-bond acceptors (Lipinski definition) is 1. The third-order valence-electron chi connectivity index (χ3n) is 3.70. The molecule has 0 aromatic rings. The van der Waals surface area contributed by atoms with Crippen LogP contribution in [0, 0.1) is 11.8 Å². The van der Waals surface area contributed by atoms with Crippen LogP contribution in [-0.2, 0) is 4.79 Å². The van der Waals surface area contributed by atoms with E-state index in [1.807, 2.05) is 0 Å². The van der Waals surface area contributed by atoms with Crippen molar-refractivity contribution in [2.75, 3.05) is 13.1 Å². The molecule has 0 N–H and O–H groups in total. The Balaban J connectivity index is 1.73. The normalized spacial score (nSPS) is 23.9. The summed E-state index contributed by atoms with van der Waals surface area (Å²) in [5, 5.41) is 0. The Morgan fingerprint density at radius 3 is 2.29 bits per heavy atom. The lowest BCUT2D eigenvalue weighted by molar-refractivity contribution is -0.132. The zero-order valence-corrected chi connectivity index (χ0v) is 9.17. The first-order chi connectivity index (χ1) is 6.79. The fourth-order valence-electron chi connectivity index (χ4n) is 2.29. The van der Waals surface area contributed by atoms with Gasteiger partial charge in [0, 0.05) is 19.5 Å². The third-order valence-corrected chi connectivity index (χ3v) is 3.70. The van der Waals surface area contributed by atoms with Gasteiger partial charge in [-0.15, -0.1) is 0 Å². The van der Waals surface area contributed by atoms with Crippen molar-refractivity contribution in [3.8, 4) is 0 Å². The van der Waals surface area contributed by atoms with Gasteiger partial charge < -0.3 is 4.90 Å². The van der Waals surface area contributed by atoms with Crippen LogP contribution in [0.15, 0.2) is 0 Å². The highest BCUT2D eigenvalue weighted by molar-refractivity contribution is 5.76. The van der Waals surface area contributed by atoms with Crippen molar-refractivity contribution in [1.82, 2.24) is 4.90 Å². The molecule has 0 unspecified atom stereocenters. The van der Waals surface area contributed by atoms with E-state index in [1.165, 1.54) is 32.1 Å². The molecule has 80 valence electrons. The average Bonchev–Trinajstić information content (AvgIpc) is 3.02. The third kappa shape index (κ3) is 2.49. The van der Waals surface area contributed by atoms with Gasteiger partial charge in [0.15, 0.2) is 0 Å². The van der Waals surface area contributed by atoms with Crippen LogP contribution in [0.3, 0.4) is 0 Å². The molecular formula is C12H21NO. The Hall–Kier alpha value is -0.530. The van der Waals surface area contributed by atoms with E-state index in [-0.39, 0.29) is 0 Å². The van der Waals surface area contributed by atoms with Gasteiger partial charge in [-0.3, -0.25) is 4.79 Å².